The first-order chi connectivity index (χ1) is 8.19. The summed E-state index contributed by atoms with van der Waals surface area (Å²) in [6.07, 6.45) is 4.85. The van der Waals surface area contributed by atoms with Gasteiger partial charge in [-0.3, -0.25) is 0 Å². The van der Waals surface area contributed by atoms with Crippen LogP contribution in [0.15, 0.2) is 24.3 Å². The Hall–Kier alpha value is -0.860. The molecule has 3 rings (SSSR count). The van der Waals surface area contributed by atoms with Crippen LogP contribution in [-0.2, 0) is 15.9 Å². The molecule has 0 bridgehead atoms. The summed E-state index contributed by atoms with van der Waals surface area (Å²) in [5, 5.41) is 3.61. The number of methoxy groups -OCH3 is 1. The van der Waals surface area contributed by atoms with Crippen LogP contribution < -0.4 is 5.32 Å². The zero-order valence-corrected chi connectivity index (χ0v) is 10.8. The van der Waals surface area contributed by atoms with Gasteiger partial charge in [-0.05, 0) is 50.3 Å². The fourth-order valence-electron chi connectivity index (χ4n) is 3.01. The van der Waals surface area contributed by atoms with Gasteiger partial charge in [0, 0.05) is 12.6 Å². The molecule has 92 valence electrons. The molecular formula is C15H21NO. The molecular weight excluding hydrogens is 210 g/mol. The van der Waals surface area contributed by atoms with Gasteiger partial charge in [-0.2, -0.15) is 0 Å². The molecule has 1 N–H and O–H groups in total. The third-order valence-electron chi connectivity index (χ3n) is 4.51. The molecule has 1 atom stereocenters. The van der Waals surface area contributed by atoms with Crippen molar-refractivity contribution in [2.24, 2.45) is 0 Å². The van der Waals surface area contributed by atoms with Crippen LogP contribution in [-0.4, -0.2) is 13.7 Å². The van der Waals surface area contributed by atoms with Gasteiger partial charge in [0.1, 0.15) is 0 Å². The highest BCUT2D eigenvalue weighted by atomic mass is 16.5. The predicted octanol–water partition coefficient (Wildman–Crippen LogP) is 2.92. The van der Waals surface area contributed by atoms with E-state index in [0.29, 0.717) is 0 Å². The Morgan fingerprint density at radius 1 is 1.06 bits per heavy atom. The normalized spacial score (nSPS) is 30.5. The molecule has 0 spiro atoms. The van der Waals surface area contributed by atoms with Crippen molar-refractivity contribution in [3.8, 4) is 0 Å². The second-order valence-corrected chi connectivity index (χ2v) is 5.64. The lowest BCUT2D eigenvalue weighted by Gasteiger charge is -2.25. The topological polar surface area (TPSA) is 21.3 Å². The van der Waals surface area contributed by atoms with E-state index in [2.05, 4.69) is 36.5 Å². The summed E-state index contributed by atoms with van der Waals surface area (Å²) in [6.45, 7) is 3.44. The van der Waals surface area contributed by atoms with E-state index in [1.807, 2.05) is 7.11 Å². The van der Waals surface area contributed by atoms with Gasteiger partial charge in [-0.25, -0.2) is 0 Å². The van der Waals surface area contributed by atoms with Gasteiger partial charge >= 0.3 is 0 Å². The van der Waals surface area contributed by atoms with Gasteiger partial charge in [0.2, 0.25) is 0 Å². The van der Waals surface area contributed by atoms with E-state index in [9.17, 15) is 0 Å². The summed E-state index contributed by atoms with van der Waals surface area (Å²) in [7, 11) is 1.82. The smallest absolute Gasteiger partial charge is 0.0929 e. The second-order valence-electron chi connectivity index (χ2n) is 5.64. The lowest BCUT2D eigenvalue weighted by molar-refractivity contribution is 0.0789. The maximum atomic E-state index is 5.61. The summed E-state index contributed by atoms with van der Waals surface area (Å²) in [6, 6.07) is 9.04. The van der Waals surface area contributed by atoms with Crippen molar-refractivity contribution in [3.05, 3.63) is 35.4 Å². The molecule has 2 aliphatic rings. The summed E-state index contributed by atoms with van der Waals surface area (Å²) in [5.74, 6) is 0. The van der Waals surface area contributed by atoms with Crippen molar-refractivity contribution < 1.29 is 4.74 Å². The third-order valence-corrected chi connectivity index (χ3v) is 4.51. The molecule has 1 unspecified atom stereocenters. The van der Waals surface area contributed by atoms with Crippen LogP contribution >= 0.6 is 0 Å². The minimum Gasteiger partial charge on any atom is -0.374 e. The quantitative estimate of drug-likeness (QED) is 0.863. The highest BCUT2D eigenvalue weighted by Crippen LogP contribution is 2.48. The molecule has 1 aliphatic carbocycles. The van der Waals surface area contributed by atoms with Gasteiger partial charge < -0.3 is 10.1 Å². The average molecular weight is 231 g/mol. The van der Waals surface area contributed by atoms with Crippen molar-refractivity contribution in [1.29, 1.82) is 0 Å². The molecule has 0 aromatic heterocycles. The van der Waals surface area contributed by atoms with Crippen molar-refractivity contribution in [3.63, 3.8) is 0 Å². The van der Waals surface area contributed by atoms with Crippen LogP contribution in [0.2, 0.25) is 0 Å². The van der Waals surface area contributed by atoms with E-state index in [-0.39, 0.29) is 11.1 Å². The molecule has 1 aromatic rings. The molecule has 1 saturated carbocycles. The molecule has 1 saturated heterocycles. The molecule has 2 fully saturated rings. The average Bonchev–Trinajstić information content (AvgIpc) is 3.06. The molecule has 0 amide bonds. The largest absolute Gasteiger partial charge is 0.374 e. The van der Waals surface area contributed by atoms with E-state index in [4.69, 9.17) is 4.74 Å². The lowest BCUT2D eigenvalue weighted by atomic mass is 9.89. The van der Waals surface area contributed by atoms with E-state index < -0.39 is 0 Å². The zero-order valence-electron chi connectivity index (χ0n) is 10.8. The Kier molecular flexibility index (Phi) is 2.53. The Morgan fingerprint density at radius 2 is 1.71 bits per heavy atom. The van der Waals surface area contributed by atoms with Gasteiger partial charge in [-0.1, -0.05) is 24.3 Å². The summed E-state index contributed by atoms with van der Waals surface area (Å²) in [4.78, 5) is 0. The molecule has 2 nitrogen and oxygen atoms in total. The maximum absolute atomic E-state index is 5.61. The molecule has 2 heteroatoms. The van der Waals surface area contributed by atoms with Gasteiger partial charge in [0.05, 0.1) is 5.60 Å². The SMILES string of the molecule is COC1(c2ccc(C3(C)CCCN3)cc2)CC1. The summed E-state index contributed by atoms with van der Waals surface area (Å²) < 4.78 is 5.61. The Balaban J connectivity index is 1.85. The van der Waals surface area contributed by atoms with Crippen LogP contribution in [0.4, 0.5) is 0 Å². The first kappa shape index (κ1) is 11.2. The van der Waals surface area contributed by atoms with Crippen molar-refractivity contribution >= 4 is 0 Å². The van der Waals surface area contributed by atoms with Crippen LogP contribution in [0.1, 0.15) is 43.7 Å². The first-order valence-electron chi connectivity index (χ1n) is 6.60. The molecule has 0 radical (unpaired) electrons. The van der Waals surface area contributed by atoms with E-state index >= 15 is 0 Å². The number of hydrogen-bond donors (Lipinski definition) is 1. The molecule has 1 aromatic carbocycles. The van der Waals surface area contributed by atoms with Crippen molar-refractivity contribution in [2.75, 3.05) is 13.7 Å². The summed E-state index contributed by atoms with van der Waals surface area (Å²) >= 11 is 0. The number of benzene rings is 1. The van der Waals surface area contributed by atoms with Crippen LogP contribution in [0.25, 0.3) is 0 Å². The minimum absolute atomic E-state index is 0.0442. The lowest BCUT2D eigenvalue weighted by Crippen LogP contribution is -2.33. The monoisotopic (exact) mass is 231 g/mol. The van der Waals surface area contributed by atoms with Gasteiger partial charge in [-0.15, -0.1) is 0 Å². The number of ether oxygens (including phenoxy) is 1. The van der Waals surface area contributed by atoms with Crippen LogP contribution in [0.5, 0.6) is 0 Å². The van der Waals surface area contributed by atoms with E-state index in [1.165, 1.54) is 36.8 Å². The first-order valence-corrected chi connectivity index (χ1v) is 6.60. The Morgan fingerprint density at radius 3 is 2.18 bits per heavy atom. The standard InChI is InChI=1S/C15H21NO/c1-14(8-3-11-16-14)12-4-6-13(7-5-12)15(17-2)9-10-15/h4-7,16H,3,8-11H2,1-2H3. The molecule has 1 heterocycles. The minimum atomic E-state index is 0.0442. The van der Waals surface area contributed by atoms with Crippen LogP contribution in [0.3, 0.4) is 0 Å². The zero-order chi connectivity index (χ0) is 11.9. The Labute approximate surface area is 103 Å². The maximum Gasteiger partial charge on any atom is 0.0929 e. The fraction of sp³-hybridized carbons (Fsp3) is 0.600. The predicted molar refractivity (Wildman–Crippen MR) is 69.0 cm³/mol. The number of hydrogen-bond acceptors (Lipinski definition) is 2. The van der Waals surface area contributed by atoms with Crippen molar-refractivity contribution in [2.45, 2.75) is 43.7 Å². The highest BCUT2D eigenvalue weighted by molar-refractivity contribution is 5.34. The fourth-order valence-corrected chi connectivity index (χ4v) is 3.01. The molecule has 17 heavy (non-hydrogen) atoms. The Bertz CT molecular complexity index is 399. The highest BCUT2D eigenvalue weighted by Gasteiger charge is 2.44. The number of nitrogens with one attached hydrogen (secondary N) is 1. The number of rotatable bonds is 3. The van der Waals surface area contributed by atoms with Crippen molar-refractivity contribution in [1.82, 2.24) is 5.32 Å². The second kappa shape index (κ2) is 3.82. The third kappa shape index (κ3) is 1.80. The van der Waals surface area contributed by atoms with E-state index in [0.717, 1.165) is 6.54 Å². The van der Waals surface area contributed by atoms with Gasteiger partial charge in [0.15, 0.2) is 0 Å². The summed E-state index contributed by atoms with van der Waals surface area (Å²) in [5.41, 5.74) is 2.97. The van der Waals surface area contributed by atoms with Crippen LogP contribution in [0, 0.1) is 0 Å². The van der Waals surface area contributed by atoms with Gasteiger partial charge in [0.25, 0.3) is 0 Å². The van der Waals surface area contributed by atoms with E-state index in [1.54, 1.807) is 0 Å². The molecule has 1 aliphatic heterocycles.